The van der Waals surface area contributed by atoms with Crippen molar-refractivity contribution in [2.45, 2.75) is 0 Å². The van der Waals surface area contributed by atoms with E-state index >= 15 is 0 Å². The number of carbonyl (C=O) groups excluding carboxylic acids is 1. The Morgan fingerprint density at radius 2 is 1.80 bits per heavy atom. The fraction of sp³-hybridized carbons (Fsp3) is 0.0625. The average molecular weight is 288 g/mol. The first-order chi connectivity index (χ1) is 9.75. The fourth-order valence-electron chi connectivity index (χ4n) is 1.58. The van der Waals surface area contributed by atoms with Crippen LogP contribution >= 0.6 is 11.6 Å². The standard InChI is InChI=1S/C16H14ClNO2/c17-14-10-4-5-11-15(14)18-16(19)20-12-6-9-13-7-2-1-3-8-13/h1-11H,12H2,(H,18,19)/b9-6+. The van der Waals surface area contributed by atoms with Gasteiger partial charge in [0, 0.05) is 0 Å². The van der Waals surface area contributed by atoms with Gasteiger partial charge in [-0.25, -0.2) is 4.79 Å². The molecule has 0 aliphatic heterocycles. The van der Waals surface area contributed by atoms with Crippen LogP contribution in [0.5, 0.6) is 0 Å². The van der Waals surface area contributed by atoms with Crippen LogP contribution in [0.1, 0.15) is 5.56 Å². The summed E-state index contributed by atoms with van der Waals surface area (Å²) in [5.41, 5.74) is 1.59. The molecule has 0 aliphatic carbocycles. The number of hydrogen-bond donors (Lipinski definition) is 1. The Morgan fingerprint density at radius 1 is 1.10 bits per heavy atom. The second-order valence-corrected chi connectivity index (χ2v) is 4.42. The summed E-state index contributed by atoms with van der Waals surface area (Å²) in [6, 6.07) is 16.8. The topological polar surface area (TPSA) is 38.3 Å². The molecule has 0 aliphatic rings. The Morgan fingerprint density at radius 3 is 2.55 bits per heavy atom. The fourth-order valence-corrected chi connectivity index (χ4v) is 1.76. The molecule has 20 heavy (non-hydrogen) atoms. The maximum Gasteiger partial charge on any atom is 0.411 e. The number of amides is 1. The molecule has 2 aromatic rings. The summed E-state index contributed by atoms with van der Waals surface area (Å²) in [5, 5.41) is 3.06. The molecule has 2 rings (SSSR count). The number of rotatable bonds is 4. The maximum atomic E-state index is 11.6. The van der Waals surface area contributed by atoms with Gasteiger partial charge in [-0.1, -0.05) is 60.1 Å². The summed E-state index contributed by atoms with van der Waals surface area (Å²) >= 11 is 5.93. The molecule has 1 amide bonds. The SMILES string of the molecule is O=C(Nc1ccccc1Cl)OC/C=C/c1ccccc1. The van der Waals surface area contributed by atoms with E-state index in [2.05, 4.69) is 5.32 Å². The predicted octanol–water partition coefficient (Wildman–Crippen LogP) is 4.60. The van der Waals surface area contributed by atoms with Crippen LogP contribution in [0.15, 0.2) is 60.7 Å². The van der Waals surface area contributed by atoms with E-state index in [4.69, 9.17) is 16.3 Å². The molecule has 0 atom stereocenters. The predicted molar refractivity (Wildman–Crippen MR) is 81.9 cm³/mol. The highest BCUT2D eigenvalue weighted by Crippen LogP contribution is 2.20. The van der Waals surface area contributed by atoms with E-state index in [1.807, 2.05) is 36.4 Å². The Labute approximate surface area is 122 Å². The number of halogens is 1. The van der Waals surface area contributed by atoms with E-state index in [1.165, 1.54) is 0 Å². The van der Waals surface area contributed by atoms with Crippen LogP contribution in [0, 0.1) is 0 Å². The first kappa shape index (κ1) is 14.2. The van der Waals surface area contributed by atoms with E-state index in [0.29, 0.717) is 10.7 Å². The van der Waals surface area contributed by atoms with E-state index in [9.17, 15) is 4.79 Å². The third-order valence-corrected chi connectivity index (χ3v) is 2.86. The summed E-state index contributed by atoms with van der Waals surface area (Å²) < 4.78 is 5.03. The van der Waals surface area contributed by atoms with E-state index < -0.39 is 6.09 Å². The monoisotopic (exact) mass is 287 g/mol. The Bertz CT molecular complexity index is 596. The van der Waals surface area contributed by atoms with Gasteiger partial charge < -0.3 is 4.74 Å². The lowest BCUT2D eigenvalue weighted by atomic mass is 10.2. The van der Waals surface area contributed by atoms with Gasteiger partial charge in [0.2, 0.25) is 0 Å². The molecule has 102 valence electrons. The van der Waals surface area contributed by atoms with Gasteiger partial charge in [-0.15, -0.1) is 0 Å². The Kier molecular flexibility index (Phi) is 5.21. The summed E-state index contributed by atoms with van der Waals surface area (Å²) in [6.07, 6.45) is 3.14. The second kappa shape index (κ2) is 7.36. The van der Waals surface area contributed by atoms with E-state index in [-0.39, 0.29) is 6.61 Å². The van der Waals surface area contributed by atoms with Crippen LogP contribution < -0.4 is 5.32 Å². The molecule has 0 unspecified atom stereocenters. The quantitative estimate of drug-likeness (QED) is 0.892. The normalized spacial score (nSPS) is 10.4. The average Bonchev–Trinajstić information content (AvgIpc) is 2.47. The first-order valence-electron chi connectivity index (χ1n) is 6.15. The number of benzene rings is 2. The molecule has 2 aromatic carbocycles. The molecule has 0 aromatic heterocycles. The van der Waals surface area contributed by atoms with Gasteiger partial charge in [0.25, 0.3) is 0 Å². The van der Waals surface area contributed by atoms with Crippen LogP contribution in [0.3, 0.4) is 0 Å². The molecular formula is C16H14ClNO2. The highest BCUT2D eigenvalue weighted by Gasteiger charge is 2.04. The van der Waals surface area contributed by atoms with Gasteiger partial charge in [-0.3, -0.25) is 5.32 Å². The van der Waals surface area contributed by atoms with Crippen molar-refractivity contribution in [3.05, 3.63) is 71.3 Å². The molecule has 0 heterocycles. The first-order valence-corrected chi connectivity index (χ1v) is 6.53. The largest absolute Gasteiger partial charge is 0.445 e. The van der Waals surface area contributed by atoms with Crippen molar-refractivity contribution in [2.24, 2.45) is 0 Å². The van der Waals surface area contributed by atoms with Crippen molar-refractivity contribution < 1.29 is 9.53 Å². The van der Waals surface area contributed by atoms with Gasteiger partial charge >= 0.3 is 6.09 Å². The number of carbonyl (C=O) groups is 1. The zero-order valence-corrected chi connectivity index (χ0v) is 11.5. The highest BCUT2D eigenvalue weighted by molar-refractivity contribution is 6.33. The molecule has 0 radical (unpaired) electrons. The van der Waals surface area contributed by atoms with Gasteiger partial charge in [0.05, 0.1) is 10.7 Å². The summed E-state index contributed by atoms with van der Waals surface area (Å²) in [4.78, 5) is 11.6. The summed E-state index contributed by atoms with van der Waals surface area (Å²) in [5.74, 6) is 0. The van der Waals surface area contributed by atoms with Crippen molar-refractivity contribution in [3.63, 3.8) is 0 Å². The van der Waals surface area contributed by atoms with Crippen molar-refractivity contribution in [1.29, 1.82) is 0 Å². The van der Waals surface area contributed by atoms with Gasteiger partial charge in [-0.2, -0.15) is 0 Å². The van der Waals surface area contributed by atoms with Crippen LogP contribution in [-0.2, 0) is 4.74 Å². The van der Waals surface area contributed by atoms with Gasteiger partial charge in [0.1, 0.15) is 6.61 Å². The summed E-state index contributed by atoms with van der Waals surface area (Å²) in [6.45, 7) is 0.200. The summed E-state index contributed by atoms with van der Waals surface area (Å²) in [7, 11) is 0. The molecule has 0 spiro atoms. The van der Waals surface area contributed by atoms with Crippen molar-refractivity contribution >= 4 is 29.5 Å². The number of para-hydroxylation sites is 1. The molecule has 0 saturated heterocycles. The molecular weight excluding hydrogens is 274 g/mol. The number of anilines is 1. The minimum atomic E-state index is -0.532. The molecule has 1 N–H and O–H groups in total. The van der Waals surface area contributed by atoms with Crippen LogP contribution in [0.2, 0.25) is 5.02 Å². The smallest absolute Gasteiger partial charge is 0.411 e. The second-order valence-electron chi connectivity index (χ2n) is 4.02. The minimum Gasteiger partial charge on any atom is -0.445 e. The lowest BCUT2D eigenvalue weighted by molar-refractivity contribution is 0.174. The van der Waals surface area contributed by atoms with Crippen molar-refractivity contribution in [2.75, 3.05) is 11.9 Å². The van der Waals surface area contributed by atoms with Crippen LogP contribution in [-0.4, -0.2) is 12.7 Å². The minimum absolute atomic E-state index is 0.200. The molecule has 0 bridgehead atoms. The molecule has 4 heteroatoms. The van der Waals surface area contributed by atoms with Gasteiger partial charge in [0.15, 0.2) is 0 Å². The lowest BCUT2D eigenvalue weighted by Crippen LogP contribution is -2.13. The van der Waals surface area contributed by atoms with Crippen molar-refractivity contribution in [1.82, 2.24) is 0 Å². The van der Waals surface area contributed by atoms with E-state index in [0.717, 1.165) is 5.56 Å². The maximum absolute atomic E-state index is 11.6. The van der Waals surface area contributed by atoms with Crippen LogP contribution in [0.4, 0.5) is 10.5 Å². The van der Waals surface area contributed by atoms with Gasteiger partial charge in [-0.05, 0) is 23.8 Å². The Balaban J connectivity index is 1.79. The number of nitrogens with one attached hydrogen (secondary N) is 1. The third kappa shape index (κ3) is 4.44. The molecule has 0 saturated carbocycles. The van der Waals surface area contributed by atoms with Crippen LogP contribution in [0.25, 0.3) is 6.08 Å². The van der Waals surface area contributed by atoms with E-state index in [1.54, 1.807) is 30.3 Å². The zero-order chi connectivity index (χ0) is 14.2. The highest BCUT2D eigenvalue weighted by atomic mass is 35.5. The van der Waals surface area contributed by atoms with Crippen molar-refractivity contribution in [3.8, 4) is 0 Å². The zero-order valence-electron chi connectivity index (χ0n) is 10.8. The lowest BCUT2D eigenvalue weighted by Gasteiger charge is -2.06. The number of ether oxygens (including phenoxy) is 1. The number of hydrogen-bond acceptors (Lipinski definition) is 2. The molecule has 3 nitrogen and oxygen atoms in total. The molecule has 0 fully saturated rings. The Hall–Kier alpha value is -2.26. The third-order valence-electron chi connectivity index (χ3n) is 2.53.